The minimum absolute atomic E-state index is 0.116. The molecule has 1 spiro atoms. The average molecular weight is 707 g/mol. The number of hydrogen-bond donors (Lipinski definition) is 0. The summed E-state index contributed by atoms with van der Waals surface area (Å²) in [5.74, 6) is 3.99. The number of aromatic nitrogens is 2. The number of nitrogens with zero attached hydrogens (tertiary/aromatic N) is 2. The first-order valence-electron chi connectivity index (χ1n) is 20.2. The van der Waals surface area contributed by atoms with E-state index in [1.165, 1.54) is 65.1 Å². The molecule has 55 heavy (non-hydrogen) atoms. The third-order valence-electron chi connectivity index (χ3n) is 14.3. The van der Waals surface area contributed by atoms with Crippen molar-refractivity contribution in [3.8, 4) is 44.9 Å². The van der Waals surface area contributed by atoms with Gasteiger partial charge in [-0.05, 0) is 129 Å². The molecule has 5 aliphatic rings. The van der Waals surface area contributed by atoms with Crippen molar-refractivity contribution in [3.05, 3.63) is 157 Å². The van der Waals surface area contributed by atoms with Crippen molar-refractivity contribution in [1.29, 1.82) is 0 Å². The summed E-state index contributed by atoms with van der Waals surface area (Å²) in [4.78, 5) is 10.8. The first kappa shape index (κ1) is 30.3. The molecule has 0 atom stereocenters. The molecule has 262 valence electrons. The molecule has 4 saturated carbocycles. The number of benzene rings is 7. The fourth-order valence-electron chi connectivity index (χ4n) is 12.5. The third kappa shape index (κ3) is 4.01. The minimum Gasteiger partial charge on any atom is -0.452 e. The maximum absolute atomic E-state index is 6.50. The molecule has 4 bridgehead atoms. The highest BCUT2D eigenvalue weighted by molar-refractivity contribution is 6.21. The Labute approximate surface area is 319 Å². The van der Waals surface area contributed by atoms with E-state index in [1.807, 2.05) is 18.2 Å². The van der Waals surface area contributed by atoms with Gasteiger partial charge in [0.1, 0.15) is 16.8 Å². The molecule has 4 fully saturated rings. The summed E-state index contributed by atoms with van der Waals surface area (Å²) in [5.41, 5.74) is 14.1. The van der Waals surface area contributed by atoms with Crippen molar-refractivity contribution in [2.24, 2.45) is 23.7 Å². The quantitative estimate of drug-likeness (QED) is 0.172. The number of rotatable bonds is 3. The van der Waals surface area contributed by atoms with Crippen LogP contribution >= 0.6 is 0 Å². The second-order valence-electron chi connectivity index (χ2n) is 16.9. The number of furan rings is 1. The van der Waals surface area contributed by atoms with Crippen molar-refractivity contribution in [1.82, 2.24) is 9.97 Å². The summed E-state index contributed by atoms with van der Waals surface area (Å²) in [7, 11) is 0. The van der Waals surface area contributed by atoms with Crippen LogP contribution in [0.25, 0.3) is 88.5 Å². The standard InChI is InChI=1S/C52H38N2O/c1-2-12-32(13-3-1)48-50-49(42-19-9-11-21-45(42)55-50)54-51(53-48)47-40-17-6-4-15-38(40)46(39-16-5-7-18-41(39)47)33-22-23-37-36-14-8-10-20-43(36)52(44(37)29-33)34-25-30-24-31(27-34)28-35(52)26-30/h1-23,29-31,34-35H,24-28H2. The molecular formula is C52H38N2O. The smallest absolute Gasteiger partial charge is 0.180 e. The van der Waals surface area contributed by atoms with Gasteiger partial charge in [-0.1, -0.05) is 127 Å². The van der Waals surface area contributed by atoms with E-state index in [2.05, 4.69) is 127 Å². The summed E-state index contributed by atoms with van der Waals surface area (Å²) in [6.45, 7) is 0. The summed E-state index contributed by atoms with van der Waals surface area (Å²) in [6, 6.07) is 53.4. The Kier molecular flexibility index (Phi) is 6.06. The molecule has 0 amide bonds. The van der Waals surface area contributed by atoms with Crippen molar-refractivity contribution < 1.29 is 4.42 Å². The van der Waals surface area contributed by atoms with Crippen LogP contribution < -0.4 is 0 Å². The van der Waals surface area contributed by atoms with Crippen molar-refractivity contribution in [2.75, 3.05) is 0 Å². The molecule has 0 N–H and O–H groups in total. The molecule has 0 radical (unpaired) electrons. The molecular weight excluding hydrogens is 669 g/mol. The van der Waals surface area contributed by atoms with Gasteiger partial charge in [0.05, 0.1) is 0 Å². The minimum atomic E-state index is 0.116. The number of hydrogen-bond acceptors (Lipinski definition) is 3. The lowest BCUT2D eigenvalue weighted by Crippen LogP contribution is -2.55. The molecule has 5 aliphatic carbocycles. The van der Waals surface area contributed by atoms with E-state index >= 15 is 0 Å². The van der Waals surface area contributed by atoms with E-state index in [0.717, 1.165) is 73.3 Å². The zero-order valence-corrected chi connectivity index (χ0v) is 30.5. The summed E-state index contributed by atoms with van der Waals surface area (Å²) in [5, 5.41) is 5.79. The van der Waals surface area contributed by atoms with Crippen LogP contribution in [-0.4, -0.2) is 9.97 Å². The van der Waals surface area contributed by atoms with Crippen LogP contribution in [0, 0.1) is 23.7 Å². The lowest BCUT2D eigenvalue weighted by molar-refractivity contribution is -0.0399. The highest BCUT2D eigenvalue weighted by atomic mass is 16.3. The van der Waals surface area contributed by atoms with Crippen molar-refractivity contribution in [3.63, 3.8) is 0 Å². The highest BCUT2D eigenvalue weighted by Gasteiger charge is 2.61. The third-order valence-corrected chi connectivity index (χ3v) is 14.3. The molecule has 2 aromatic heterocycles. The summed E-state index contributed by atoms with van der Waals surface area (Å²) >= 11 is 0. The monoisotopic (exact) mass is 706 g/mol. The zero-order chi connectivity index (χ0) is 35.8. The van der Waals surface area contributed by atoms with E-state index in [4.69, 9.17) is 14.4 Å². The number of para-hydroxylation sites is 1. The fraction of sp³-hybridized carbons (Fsp3) is 0.192. The van der Waals surface area contributed by atoms with Gasteiger partial charge in [0.25, 0.3) is 0 Å². The van der Waals surface area contributed by atoms with Gasteiger partial charge in [0.15, 0.2) is 11.4 Å². The van der Waals surface area contributed by atoms with E-state index in [0.29, 0.717) is 5.82 Å². The molecule has 3 nitrogen and oxygen atoms in total. The second-order valence-corrected chi connectivity index (χ2v) is 16.9. The van der Waals surface area contributed by atoms with Crippen molar-refractivity contribution >= 4 is 43.6 Å². The van der Waals surface area contributed by atoms with E-state index in [9.17, 15) is 0 Å². The first-order chi connectivity index (χ1) is 27.2. The second kappa shape index (κ2) is 11.0. The topological polar surface area (TPSA) is 38.9 Å². The molecule has 7 aromatic carbocycles. The molecule has 9 aromatic rings. The predicted molar refractivity (Wildman–Crippen MR) is 224 cm³/mol. The van der Waals surface area contributed by atoms with Gasteiger partial charge in [-0.2, -0.15) is 0 Å². The predicted octanol–water partition coefficient (Wildman–Crippen LogP) is 13.4. The summed E-state index contributed by atoms with van der Waals surface area (Å²) < 4.78 is 6.50. The fourth-order valence-corrected chi connectivity index (χ4v) is 12.5. The zero-order valence-electron chi connectivity index (χ0n) is 30.5. The normalized spacial score (nSPS) is 23.3. The molecule has 14 rings (SSSR count). The van der Waals surface area contributed by atoms with E-state index in [-0.39, 0.29) is 5.41 Å². The van der Waals surface area contributed by atoms with Crippen LogP contribution in [0.5, 0.6) is 0 Å². The van der Waals surface area contributed by atoms with Crippen LogP contribution in [0.2, 0.25) is 0 Å². The average Bonchev–Trinajstić information content (AvgIpc) is 3.75. The van der Waals surface area contributed by atoms with Gasteiger partial charge < -0.3 is 4.42 Å². The van der Waals surface area contributed by atoms with Gasteiger partial charge in [0, 0.05) is 21.9 Å². The van der Waals surface area contributed by atoms with Crippen LogP contribution in [-0.2, 0) is 5.41 Å². The Bertz CT molecular complexity index is 2980. The van der Waals surface area contributed by atoms with E-state index in [1.54, 1.807) is 11.1 Å². The van der Waals surface area contributed by atoms with Crippen LogP contribution in [0.1, 0.15) is 43.2 Å². The Hall–Kier alpha value is -6.06. The lowest BCUT2D eigenvalue weighted by Gasteiger charge is -2.61. The maximum Gasteiger partial charge on any atom is 0.180 e. The van der Waals surface area contributed by atoms with Gasteiger partial charge in [-0.3, -0.25) is 0 Å². The highest BCUT2D eigenvalue weighted by Crippen LogP contribution is 2.69. The van der Waals surface area contributed by atoms with E-state index < -0.39 is 0 Å². The largest absolute Gasteiger partial charge is 0.452 e. The molecule has 3 heteroatoms. The molecule has 0 unspecified atom stereocenters. The van der Waals surface area contributed by atoms with Gasteiger partial charge in [0.2, 0.25) is 0 Å². The van der Waals surface area contributed by atoms with Gasteiger partial charge in [-0.15, -0.1) is 0 Å². The van der Waals surface area contributed by atoms with Crippen LogP contribution in [0.3, 0.4) is 0 Å². The number of fused-ring (bicyclic) bond motifs is 8. The first-order valence-corrected chi connectivity index (χ1v) is 20.2. The lowest BCUT2D eigenvalue weighted by atomic mass is 9.43. The van der Waals surface area contributed by atoms with Gasteiger partial charge >= 0.3 is 0 Å². The van der Waals surface area contributed by atoms with Crippen molar-refractivity contribution in [2.45, 2.75) is 37.5 Å². The molecule has 2 heterocycles. The molecule has 0 saturated heterocycles. The van der Waals surface area contributed by atoms with Crippen LogP contribution in [0.4, 0.5) is 0 Å². The SMILES string of the molecule is c1ccc(-c2nc(-c3c4ccccc4c(-c4ccc5c(c4)C4(c6ccccc6-5)C5CC6CC(C5)CC4C6)c4ccccc34)nc3c2oc2ccccc23)cc1. The maximum atomic E-state index is 6.50. The Morgan fingerprint density at radius 3 is 1.76 bits per heavy atom. The van der Waals surface area contributed by atoms with Crippen LogP contribution in [0.15, 0.2) is 150 Å². The molecule has 0 aliphatic heterocycles. The van der Waals surface area contributed by atoms with Gasteiger partial charge in [-0.25, -0.2) is 9.97 Å². The Balaban J connectivity index is 1.08. The summed E-state index contributed by atoms with van der Waals surface area (Å²) in [6.07, 6.45) is 6.99. The Morgan fingerprint density at radius 2 is 1.05 bits per heavy atom. The Morgan fingerprint density at radius 1 is 0.473 bits per heavy atom.